The van der Waals surface area contributed by atoms with Gasteiger partial charge in [0.1, 0.15) is 17.2 Å². The molecule has 64 heavy (non-hydrogen) atoms. The van der Waals surface area contributed by atoms with Crippen LogP contribution in [0.5, 0.6) is 17.2 Å². The minimum absolute atomic E-state index is 0.109. The SMILES string of the molecule is CCCCCC[C@@H](C)OC(=O)c1ccc(-c2ccc(OC(=O)CCCCCOc3ccc(C(=O)Oc4ccc(-c5ccc(C(=O)O[C@H](C)CCCCCC)cc5)cc4)cc3)cc2)cc1. The summed E-state index contributed by atoms with van der Waals surface area (Å²) in [5.74, 6) is 0.135. The van der Waals surface area contributed by atoms with Gasteiger partial charge < -0.3 is 23.7 Å². The summed E-state index contributed by atoms with van der Waals surface area (Å²) in [4.78, 5) is 50.5. The molecule has 9 heteroatoms. The first-order valence-corrected chi connectivity index (χ1v) is 23.1. The summed E-state index contributed by atoms with van der Waals surface area (Å²) in [5.41, 5.74) is 5.18. The zero-order valence-electron chi connectivity index (χ0n) is 38.0. The number of esters is 4. The molecule has 0 aliphatic carbocycles. The summed E-state index contributed by atoms with van der Waals surface area (Å²) in [5, 5.41) is 0. The van der Waals surface area contributed by atoms with Gasteiger partial charge in [-0.1, -0.05) is 101 Å². The lowest BCUT2D eigenvalue weighted by Crippen LogP contribution is -2.15. The Morgan fingerprint density at radius 2 is 0.781 bits per heavy atom. The van der Waals surface area contributed by atoms with Gasteiger partial charge in [0.05, 0.1) is 35.5 Å². The van der Waals surface area contributed by atoms with Gasteiger partial charge in [0.25, 0.3) is 0 Å². The van der Waals surface area contributed by atoms with E-state index in [1.54, 1.807) is 72.8 Å². The molecule has 0 aliphatic rings. The molecule has 0 fully saturated rings. The van der Waals surface area contributed by atoms with Gasteiger partial charge in [0.2, 0.25) is 0 Å². The van der Waals surface area contributed by atoms with Gasteiger partial charge in [-0.05, 0) is 154 Å². The topological polar surface area (TPSA) is 114 Å². The van der Waals surface area contributed by atoms with Crippen molar-refractivity contribution in [3.05, 3.63) is 138 Å². The molecule has 0 unspecified atom stereocenters. The first kappa shape index (κ1) is 48.8. The third kappa shape index (κ3) is 16.5. The molecule has 0 amide bonds. The molecule has 0 saturated carbocycles. The number of carbonyl (C=O) groups is 4. The van der Waals surface area contributed by atoms with Crippen LogP contribution in [0.15, 0.2) is 121 Å². The second-order valence-electron chi connectivity index (χ2n) is 16.4. The molecular formula is C55H64O9. The highest BCUT2D eigenvalue weighted by Gasteiger charge is 2.15. The fourth-order valence-electron chi connectivity index (χ4n) is 7.14. The van der Waals surface area contributed by atoms with Gasteiger partial charge in [-0.25, -0.2) is 14.4 Å². The molecule has 0 N–H and O–H groups in total. The number of ether oxygens (including phenoxy) is 5. The van der Waals surface area contributed by atoms with Gasteiger partial charge in [-0.2, -0.15) is 0 Å². The smallest absolute Gasteiger partial charge is 0.343 e. The van der Waals surface area contributed by atoms with Gasteiger partial charge in [0, 0.05) is 6.42 Å². The third-order valence-electron chi connectivity index (χ3n) is 11.0. The third-order valence-corrected chi connectivity index (χ3v) is 11.0. The van der Waals surface area contributed by atoms with Crippen molar-refractivity contribution >= 4 is 23.9 Å². The number of hydrogen-bond acceptors (Lipinski definition) is 9. The fraction of sp³-hybridized carbons (Fsp3) is 0.382. The van der Waals surface area contributed by atoms with E-state index in [0.29, 0.717) is 53.4 Å². The van der Waals surface area contributed by atoms with Gasteiger partial charge in [-0.3, -0.25) is 4.79 Å². The van der Waals surface area contributed by atoms with Crippen LogP contribution < -0.4 is 14.2 Å². The molecule has 5 aromatic rings. The molecule has 0 radical (unpaired) electrons. The maximum atomic E-state index is 12.9. The lowest BCUT2D eigenvalue weighted by atomic mass is 10.0. The maximum absolute atomic E-state index is 12.9. The fourth-order valence-corrected chi connectivity index (χ4v) is 7.14. The van der Waals surface area contributed by atoms with E-state index in [0.717, 1.165) is 73.6 Å². The van der Waals surface area contributed by atoms with Crippen molar-refractivity contribution in [2.45, 2.75) is 130 Å². The lowest BCUT2D eigenvalue weighted by Gasteiger charge is -2.13. The summed E-state index contributed by atoms with van der Waals surface area (Å²) < 4.78 is 28.3. The van der Waals surface area contributed by atoms with Crippen LogP contribution in [0.2, 0.25) is 0 Å². The van der Waals surface area contributed by atoms with Crippen molar-refractivity contribution in [3.63, 3.8) is 0 Å². The van der Waals surface area contributed by atoms with E-state index in [9.17, 15) is 19.2 Å². The molecule has 0 aromatic heterocycles. The highest BCUT2D eigenvalue weighted by atomic mass is 16.6. The van der Waals surface area contributed by atoms with Crippen molar-refractivity contribution in [2.24, 2.45) is 0 Å². The Labute approximate surface area is 379 Å². The first-order chi connectivity index (χ1) is 31.1. The Morgan fingerprint density at radius 1 is 0.406 bits per heavy atom. The predicted octanol–water partition coefficient (Wildman–Crippen LogP) is 13.8. The summed E-state index contributed by atoms with van der Waals surface area (Å²) in [6.45, 7) is 8.71. The van der Waals surface area contributed by atoms with Crippen LogP contribution in [0, 0.1) is 0 Å². The van der Waals surface area contributed by atoms with E-state index in [1.807, 2.05) is 62.4 Å². The van der Waals surface area contributed by atoms with Gasteiger partial charge in [-0.15, -0.1) is 0 Å². The average molecular weight is 869 g/mol. The van der Waals surface area contributed by atoms with E-state index >= 15 is 0 Å². The largest absolute Gasteiger partial charge is 0.494 e. The molecule has 5 aromatic carbocycles. The Bertz CT molecular complexity index is 2180. The number of hydrogen-bond donors (Lipinski definition) is 0. The number of unbranched alkanes of at least 4 members (excludes halogenated alkanes) is 8. The van der Waals surface area contributed by atoms with Crippen LogP contribution in [0.1, 0.15) is 149 Å². The van der Waals surface area contributed by atoms with Crippen LogP contribution in [0.3, 0.4) is 0 Å². The van der Waals surface area contributed by atoms with Crippen molar-refractivity contribution < 1.29 is 42.9 Å². The molecule has 0 saturated heterocycles. The zero-order chi connectivity index (χ0) is 45.5. The summed E-state index contributed by atoms with van der Waals surface area (Å²) in [6.07, 6.45) is 13.2. The van der Waals surface area contributed by atoms with Crippen LogP contribution in [-0.4, -0.2) is 42.7 Å². The molecule has 9 nitrogen and oxygen atoms in total. The Balaban J connectivity index is 0.947. The van der Waals surface area contributed by atoms with Crippen LogP contribution in [0.25, 0.3) is 22.3 Å². The summed E-state index contributed by atoms with van der Waals surface area (Å²) in [6, 6.07) is 36.0. The maximum Gasteiger partial charge on any atom is 0.343 e. The monoisotopic (exact) mass is 868 g/mol. The second kappa shape index (κ2) is 26.4. The second-order valence-corrected chi connectivity index (χ2v) is 16.4. The standard InChI is InChI=1S/C55H64O9/c1-5-7-9-12-16-40(3)61-53(57)46-23-19-42(20-24-46)44-27-35-50(36-28-44)63-52(56)18-14-11-15-39-60-49-33-31-48(32-34-49)55(59)64-51-37-29-45(30-38-51)43-21-25-47(26-22-43)54(58)62-41(4)17-13-10-8-6-2/h19-38,40-41H,5-18,39H2,1-4H3/t40-,41-/m1/s1. The van der Waals surface area contributed by atoms with Crippen molar-refractivity contribution in [1.82, 2.24) is 0 Å². The van der Waals surface area contributed by atoms with Gasteiger partial charge in [0.15, 0.2) is 0 Å². The van der Waals surface area contributed by atoms with Gasteiger partial charge >= 0.3 is 23.9 Å². The molecule has 338 valence electrons. The number of carbonyl (C=O) groups excluding carboxylic acids is 4. The quantitative estimate of drug-likeness (QED) is 0.0304. The van der Waals surface area contributed by atoms with E-state index < -0.39 is 5.97 Å². The highest BCUT2D eigenvalue weighted by Crippen LogP contribution is 2.26. The first-order valence-electron chi connectivity index (χ1n) is 23.1. The van der Waals surface area contributed by atoms with E-state index in [4.69, 9.17) is 23.7 Å². The normalized spacial score (nSPS) is 11.9. The van der Waals surface area contributed by atoms with Crippen LogP contribution in [0.4, 0.5) is 0 Å². The molecule has 5 rings (SSSR count). The van der Waals surface area contributed by atoms with Crippen molar-refractivity contribution in [3.8, 4) is 39.5 Å². The minimum Gasteiger partial charge on any atom is -0.494 e. The van der Waals surface area contributed by atoms with E-state index in [1.165, 1.54) is 25.7 Å². The van der Waals surface area contributed by atoms with Crippen molar-refractivity contribution in [2.75, 3.05) is 6.61 Å². The van der Waals surface area contributed by atoms with Crippen LogP contribution >= 0.6 is 0 Å². The summed E-state index contributed by atoms with van der Waals surface area (Å²) in [7, 11) is 0. The highest BCUT2D eigenvalue weighted by molar-refractivity contribution is 5.92. The molecule has 2 atom stereocenters. The molecular weight excluding hydrogens is 805 g/mol. The number of benzene rings is 5. The lowest BCUT2D eigenvalue weighted by molar-refractivity contribution is -0.134. The molecule has 0 spiro atoms. The molecule has 0 bridgehead atoms. The average Bonchev–Trinajstić information content (AvgIpc) is 3.31. The summed E-state index contributed by atoms with van der Waals surface area (Å²) >= 11 is 0. The number of rotatable bonds is 26. The molecule has 0 aliphatic heterocycles. The van der Waals surface area contributed by atoms with E-state index in [-0.39, 0.29) is 30.1 Å². The van der Waals surface area contributed by atoms with E-state index in [2.05, 4.69) is 13.8 Å². The molecule has 0 heterocycles. The Hall–Kier alpha value is -6.22. The van der Waals surface area contributed by atoms with Crippen LogP contribution in [-0.2, 0) is 14.3 Å². The zero-order valence-corrected chi connectivity index (χ0v) is 38.0. The van der Waals surface area contributed by atoms with Crippen molar-refractivity contribution in [1.29, 1.82) is 0 Å². The Kier molecular flexibility index (Phi) is 20.1. The Morgan fingerprint density at radius 3 is 1.23 bits per heavy atom. The minimum atomic E-state index is -0.479. The predicted molar refractivity (Wildman–Crippen MR) is 252 cm³/mol.